The van der Waals surface area contributed by atoms with E-state index in [1.165, 1.54) is 0 Å². The number of halogens is 3. The van der Waals surface area contributed by atoms with Crippen molar-refractivity contribution in [1.82, 2.24) is 5.32 Å². The maximum Gasteiger partial charge on any atom is 0.407 e. The van der Waals surface area contributed by atoms with Crippen LogP contribution < -0.4 is 5.32 Å². The van der Waals surface area contributed by atoms with Gasteiger partial charge in [-0.3, -0.25) is 4.57 Å². The first kappa shape index (κ1) is 18.3. The minimum Gasteiger partial charge on any atom is -0.445 e. The van der Waals surface area contributed by atoms with Crippen LogP contribution in [0.5, 0.6) is 0 Å². The van der Waals surface area contributed by atoms with Crippen molar-refractivity contribution in [2.45, 2.75) is 17.6 Å². The average Bonchev–Trinajstić information content (AvgIpc) is 2.23. The van der Waals surface area contributed by atoms with Crippen molar-refractivity contribution in [1.29, 1.82) is 0 Å². The molecule has 0 bridgehead atoms. The Hall–Kier alpha value is 0.290. The Kier molecular flexibility index (Phi) is 8.59. The Balaban J connectivity index is 4.12. The Morgan fingerprint density at radius 1 is 1.22 bits per heavy atom. The molecule has 0 saturated heterocycles. The van der Waals surface area contributed by atoms with Gasteiger partial charge in [-0.05, 0) is 13.8 Å². The van der Waals surface area contributed by atoms with Crippen LogP contribution in [0.1, 0.15) is 13.8 Å². The van der Waals surface area contributed by atoms with Crippen LogP contribution in [-0.2, 0) is 18.3 Å². The Morgan fingerprint density at radius 3 is 2.11 bits per heavy atom. The Bertz CT molecular complexity index is 300. The SMILES string of the molecule is CCOP(=O)(CNC(=O)OCC(Cl)(Cl)Cl)OCC. The third kappa shape index (κ3) is 9.25. The first-order valence-corrected chi connectivity index (χ1v) is 7.94. The number of ether oxygens (including phenoxy) is 1. The molecule has 18 heavy (non-hydrogen) atoms. The van der Waals surface area contributed by atoms with Gasteiger partial charge in [0, 0.05) is 0 Å². The molecule has 10 heteroatoms. The second kappa shape index (κ2) is 8.46. The molecule has 0 aromatic heterocycles. The summed E-state index contributed by atoms with van der Waals surface area (Å²) in [6.07, 6.45) is -1.19. The van der Waals surface area contributed by atoms with Gasteiger partial charge in [-0.15, -0.1) is 0 Å². The number of hydrogen-bond donors (Lipinski definition) is 1. The Labute approximate surface area is 121 Å². The van der Waals surface area contributed by atoms with E-state index < -0.39 is 24.1 Å². The van der Waals surface area contributed by atoms with Crippen LogP contribution in [0.4, 0.5) is 4.79 Å². The number of rotatable bonds is 7. The van der Waals surface area contributed by atoms with Crippen molar-refractivity contribution >= 4 is 48.5 Å². The largest absolute Gasteiger partial charge is 0.445 e. The van der Waals surface area contributed by atoms with Gasteiger partial charge in [0.15, 0.2) is 0 Å². The molecule has 0 spiro atoms. The number of amides is 1. The van der Waals surface area contributed by atoms with Crippen molar-refractivity contribution in [2.24, 2.45) is 0 Å². The average molecular weight is 343 g/mol. The number of hydrogen-bond acceptors (Lipinski definition) is 5. The summed E-state index contributed by atoms with van der Waals surface area (Å²) < 4.78 is 24.7. The van der Waals surface area contributed by atoms with E-state index in [1.54, 1.807) is 13.8 Å². The number of nitrogens with one attached hydrogen (secondary N) is 1. The van der Waals surface area contributed by atoms with E-state index in [1.807, 2.05) is 0 Å². The number of carbonyl (C=O) groups excluding carboxylic acids is 1. The maximum absolute atomic E-state index is 11.9. The summed E-state index contributed by atoms with van der Waals surface area (Å²) in [6, 6.07) is 0. The number of alkyl halides is 3. The van der Waals surface area contributed by atoms with Crippen LogP contribution in [0.2, 0.25) is 0 Å². The molecule has 0 atom stereocenters. The van der Waals surface area contributed by atoms with E-state index in [-0.39, 0.29) is 19.5 Å². The lowest BCUT2D eigenvalue weighted by Gasteiger charge is -2.17. The highest BCUT2D eigenvalue weighted by molar-refractivity contribution is 7.53. The topological polar surface area (TPSA) is 73.9 Å². The van der Waals surface area contributed by atoms with E-state index in [2.05, 4.69) is 10.1 Å². The lowest BCUT2D eigenvalue weighted by atomic mass is 10.8. The fraction of sp³-hybridized carbons (Fsp3) is 0.875. The fourth-order valence-corrected chi connectivity index (χ4v) is 2.41. The van der Waals surface area contributed by atoms with Crippen LogP contribution >= 0.6 is 42.4 Å². The third-order valence-electron chi connectivity index (χ3n) is 1.44. The molecular formula is C8H15Cl3NO5P. The molecule has 0 radical (unpaired) electrons. The van der Waals surface area contributed by atoms with Crippen LogP contribution in [0.15, 0.2) is 0 Å². The van der Waals surface area contributed by atoms with Crippen molar-refractivity contribution in [3.8, 4) is 0 Å². The normalized spacial score (nSPS) is 12.3. The second-order valence-corrected chi connectivity index (χ2v) is 7.54. The molecule has 0 fully saturated rings. The van der Waals surface area contributed by atoms with Gasteiger partial charge in [-0.1, -0.05) is 34.8 Å². The van der Waals surface area contributed by atoms with E-state index in [0.29, 0.717) is 0 Å². The van der Waals surface area contributed by atoms with Crippen LogP contribution in [0.25, 0.3) is 0 Å². The van der Waals surface area contributed by atoms with E-state index in [9.17, 15) is 9.36 Å². The zero-order valence-electron chi connectivity index (χ0n) is 9.95. The van der Waals surface area contributed by atoms with Gasteiger partial charge in [0.25, 0.3) is 0 Å². The molecule has 0 aromatic carbocycles. The summed E-state index contributed by atoms with van der Waals surface area (Å²) in [5.74, 6) is 0. The van der Waals surface area contributed by atoms with E-state index in [4.69, 9.17) is 43.9 Å². The van der Waals surface area contributed by atoms with Crippen molar-refractivity contribution < 1.29 is 23.1 Å². The lowest BCUT2D eigenvalue weighted by Crippen LogP contribution is -2.29. The summed E-state index contributed by atoms with van der Waals surface area (Å²) in [5.41, 5.74) is 0. The molecule has 0 heterocycles. The molecule has 0 rings (SSSR count). The van der Waals surface area contributed by atoms with E-state index >= 15 is 0 Å². The number of carbonyl (C=O) groups is 1. The van der Waals surface area contributed by atoms with E-state index in [0.717, 1.165) is 0 Å². The zero-order chi connectivity index (χ0) is 14.2. The summed E-state index contributed by atoms with van der Waals surface area (Å²) in [4.78, 5) is 11.2. The summed E-state index contributed by atoms with van der Waals surface area (Å²) in [5, 5.41) is 2.22. The first-order valence-electron chi connectivity index (χ1n) is 5.08. The zero-order valence-corrected chi connectivity index (χ0v) is 13.1. The molecule has 0 aliphatic carbocycles. The highest BCUT2D eigenvalue weighted by atomic mass is 35.6. The highest BCUT2D eigenvalue weighted by Gasteiger charge is 2.26. The Morgan fingerprint density at radius 2 is 1.72 bits per heavy atom. The molecule has 0 saturated carbocycles. The minimum absolute atomic E-state index is 0.197. The molecule has 108 valence electrons. The summed E-state index contributed by atoms with van der Waals surface area (Å²) in [7, 11) is -3.35. The van der Waals surface area contributed by atoms with Gasteiger partial charge in [0.05, 0.1) is 13.2 Å². The minimum atomic E-state index is -3.35. The van der Waals surface area contributed by atoms with Gasteiger partial charge >= 0.3 is 13.7 Å². The molecule has 0 aliphatic heterocycles. The smallest absolute Gasteiger partial charge is 0.407 e. The van der Waals surface area contributed by atoms with Crippen LogP contribution in [-0.4, -0.2) is 36.0 Å². The van der Waals surface area contributed by atoms with Crippen molar-refractivity contribution in [3.63, 3.8) is 0 Å². The standard InChI is InChI=1S/C8H15Cl3NO5P/c1-3-16-18(14,17-4-2)6-12-7(13)15-5-8(9,10)11/h3-6H2,1-2H3,(H,12,13). The quantitative estimate of drug-likeness (QED) is 0.567. The molecule has 0 aliphatic rings. The van der Waals surface area contributed by atoms with Crippen molar-refractivity contribution in [2.75, 3.05) is 26.1 Å². The molecule has 0 unspecified atom stereocenters. The third-order valence-corrected chi connectivity index (χ3v) is 3.61. The van der Waals surface area contributed by atoms with Gasteiger partial charge in [0.2, 0.25) is 3.79 Å². The van der Waals surface area contributed by atoms with Crippen LogP contribution in [0.3, 0.4) is 0 Å². The molecular weight excluding hydrogens is 327 g/mol. The predicted octanol–water partition coefficient (Wildman–Crippen LogP) is 3.31. The van der Waals surface area contributed by atoms with Gasteiger partial charge in [0.1, 0.15) is 12.9 Å². The van der Waals surface area contributed by atoms with Gasteiger partial charge in [-0.25, -0.2) is 4.79 Å². The summed E-state index contributed by atoms with van der Waals surface area (Å²) in [6.45, 7) is 3.29. The number of alkyl carbamates (subject to hydrolysis) is 1. The summed E-state index contributed by atoms with van der Waals surface area (Å²) >= 11 is 16.2. The first-order chi connectivity index (χ1) is 8.22. The van der Waals surface area contributed by atoms with Gasteiger partial charge < -0.3 is 19.1 Å². The lowest BCUT2D eigenvalue weighted by molar-refractivity contribution is 0.147. The highest BCUT2D eigenvalue weighted by Crippen LogP contribution is 2.46. The molecule has 1 amide bonds. The monoisotopic (exact) mass is 341 g/mol. The fourth-order valence-electron chi connectivity index (χ4n) is 0.882. The van der Waals surface area contributed by atoms with Crippen LogP contribution in [0, 0.1) is 0 Å². The predicted molar refractivity (Wildman–Crippen MR) is 70.5 cm³/mol. The maximum atomic E-state index is 11.9. The molecule has 0 aromatic rings. The second-order valence-electron chi connectivity index (χ2n) is 2.97. The van der Waals surface area contributed by atoms with Gasteiger partial charge in [-0.2, -0.15) is 0 Å². The van der Waals surface area contributed by atoms with Crippen molar-refractivity contribution in [3.05, 3.63) is 0 Å². The molecule has 1 N–H and O–H groups in total. The molecule has 6 nitrogen and oxygen atoms in total.